The molecule has 6 heteroatoms. The predicted octanol–water partition coefficient (Wildman–Crippen LogP) is 4.59. The molecule has 3 heterocycles. The predicted molar refractivity (Wildman–Crippen MR) is 116 cm³/mol. The molecular weight excluding hydrogens is 384 g/mol. The highest BCUT2D eigenvalue weighted by molar-refractivity contribution is 6.29. The second kappa shape index (κ2) is 7.57. The number of fused-ring (bicyclic) bond motifs is 2. The number of anilines is 3. The lowest BCUT2D eigenvalue weighted by molar-refractivity contribution is 0.0994. The van der Waals surface area contributed by atoms with Gasteiger partial charge in [0.15, 0.2) is 5.82 Å². The Morgan fingerprint density at radius 3 is 2.66 bits per heavy atom. The van der Waals surface area contributed by atoms with Crippen molar-refractivity contribution >= 4 is 34.8 Å². The van der Waals surface area contributed by atoms with Crippen LogP contribution in [0.15, 0.2) is 48.7 Å². The molecule has 0 saturated heterocycles. The van der Waals surface area contributed by atoms with Crippen LogP contribution in [0.4, 0.5) is 17.3 Å². The van der Waals surface area contributed by atoms with Crippen molar-refractivity contribution in [3.05, 3.63) is 76.1 Å². The number of hydrogen-bond acceptors (Lipinski definition) is 4. The van der Waals surface area contributed by atoms with E-state index in [2.05, 4.69) is 21.8 Å². The summed E-state index contributed by atoms with van der Waals surface area (Å²) >= 11 is 6.12. The Kier molecular flexibility index (Phi) is 4.96. The normalized spacial score (nSPS) is 12.6. The first-order valence-electron chi connectivity index (χ1n) is 9.29. The molecule has 144 valence electrons. The molecule has 29 heavy (non-hydrogen) atoms. The molecule has 0 N–H and O–H groups in total. The van der Waals surface area contributed by atoms with Crippen LogP contribution >= 0.6 is 11.6 Å². The van der Waals surface area contributed by atoms with Gasteiger partial charge < -0.3 is 9.80 Å². The van der Waals surface area contributed by atoms with Crippen molar-refractivity contribution < 1.29 is 4.79 Å². The van der Waals surface area contributed by atoms with Crippen LogP contribution in [0, 0.1) is 18.8 Å². The van der Waals surface area contributed by atoms with Gasteiger partial charge in [-0.3, -0.25) is 4.79 Å². The van der Waals surface area contributed by atoms with E-state index >= 15 is 0 Å². The third-order valence-electron chi connectivity index (χ3n) is 4.90. The minimum Gasteiger partial charge on any atom is -0.309 e. The lowest BCUT2D eigenvalue weighted by Gasteiger charge is -2.22. The van der Waals surface area contributed by atoms with Crippen molar-refractivity contribution in [3.8, 4) is 11.8 Å². The second-order valence-corrected chi connectivity index (χ2v) is 7.13. The van der Waals surface area contributed by atoms with E-state index in [0.717, 1.165) is 11.1 Å². The number of halogens is 1. The molecule has 3 aromatic rings. The van der Waals surface area contributed by atoms with Gasteiger partial charge in [0.1, 0.15) is 11.0 Å². The number of carbonyl (C=O) groups is 1. The average Bonchev–Trinajstić information content (AvgIpc) is 2.81. The summed E-state index contributed by atoms with van der Waals surface area (Å²) in [6.45, 7) is 4.60. The molecule has 0 radical (unpaired) electrons. The van der Waals surface area contributed by atoms with E-state index in [1.807, 2.05) is 43.0 Å². The lowest BCUT2D eigenvalue weighted by atomic mass is 10.1. The van der Waals surface area contributed by atoms with E-state index < -0.39 is 0 Å². The Bertz CT molecular complexity index is 1180. The van der Waals surface area contributed by atoms with Crippen molar-refractivity contribution in [3.63, 3.8) is 0 Å². The van der Waals surface area contributed by atoms with Gasteiger partial charge in [0.25, 0.3) is 5.91 Å². The van der Waals surface area contributed by atoms with Crippen LogP contribution in [0.5, 0.6) is 0 Å². The Morgan fingerprint density at radius 2 is 1.90 bits per heavy atom. The highest BCUT2D eigenvalue weighted by atomic mass is 35.5. The quantitative estimate of drug-likeness (QED) is 0.441. The molecule has 0 unspecified atom stereocenters. The lowest BCUT2D eigenvalue weighted by Crippen LogP contribution is -2.25. The van der Waals surface area contributed by atoms with Gasteiger partial charge in [0, 0.05) is 30.9 Å². The summed E-state index contributed by atoms with van der Waals surface area (Å²) in [4.78, 5) is 25.7. The number of pyridine rings is 2. The molecule has 1 aromatic carbocycles. The van der Waals surface area contributed by atoms with Crippen LogP contribution < -0.4 is 9.80 Å². The SMILES string of the molecule is CCN1c2ncc(C#Cc3ccccc3C)cc2C(=O)N(C)c2ccc(Cl)nc21. The molecule has 0 saturated carbocycles. The van der Waals surface area contributed by atoms with Crippen molar-refractivity contribution in [1.29, 1.82) is 0 Å². The summed E-state index contributed by atoms with van der Waals surface area (Å²) in [5.41, 5.74) is 3.91. The highest BCUT2D eigenvalue weighted by Gasteiger charge is 2.30. The fourth-order valence-corrected chi connectivity index (χ4v) is 3.46. The van der Waals surface area contributed by atoms with Crippen molar-refractivity contribution in [2.75, 3.05) is 23.4 Å². The average molecular weight is 403 g/mol. The molecule has 0 atom stereocenters. The van der Waals surface area contributed by atoms with Crippen LogP contribution in [0.1, 0.15) is 34.0 Å². The standard InChI is InChI=1S/C23H19ClN4O/c1-4-28-21-18(23(29)27(3)19-11-12-20(24)26-22(19)28)13-16(14-25-21)9-10-17-8-6-5-7-15(17)2/h5-8,11-14H,4H2,1-3H3. The summed E-state index contributed by atoms with van der Waals surface area (Å²) in [6, 6.07) is 13.2. The van der Waals surface area contributed by atoms with Gasteiger partial charge >= 0.3 is 0 Å². The van der Waals surface area contributed by atoms with Crippen molar-refractivity contribution in [1.82, 2.24) is 9.97 Å². The first kappa shape index (κ1) is 19.0. The van der Waals surface area contributed by atoms with Gasteiger partial charge in [-0.2, -0.15) is 0 Å². The molecule has 1 aliphatic heterocycles. The molecule has 4 rings (SSSR count). The number of rotatable bonds is 1. The number of aromatic nitrogens is 2. The molecule has 1 aliphatic rings. The van der Waals surface area contributed by atoms with E-state index in [9.17, 15) is 4.79 Å². The molecule has 5 nitrogen and oxygen atoms in total. The van der Waals surface area contributed by atoms with E-state index in [1.165, 1.54) is 0 Å². The second-order valence-electron chi connectivity index (χ2n) is 6.75. The molecule has 0 aliphatic carbocycles. The molecule has 0 fully saturated rings. The first-order chi connectivity index (χ1) is 14.0. The number of nitrogens with zero attached hydrogens (tertiary/aromatic N) is 4. The zero-order valence-corrected chi connectivity index (χ0v) is 17.2. The number of hydrogen-bond donors (Lipinski definition) is 0. The number of carbonyl (C=O) groups excluding carboxylic acids is 1. The number of amides is 1. The third kappa shape index (κ3) is 3.43. The van der Waals surface area contributed by atoms with Gasteiger partial charge in [-0.1, -0.05) is 41.6 Å². The van der Waals surface area contributed by atoms with Crippen LogP contribution in [-0.2, 0) is 0 Å². The molecule has 0 spiro atoms. The van der Waals surface area contributed by atoms with Gasteiger partial charge in [0.2, 0.25) is 0 Å². The monoisotopic (exact) mass is 402 g/mol. The van der Waals surface area contributed by atoms with Crippen LogP contribution in [0.25, 0.3) is 0 Å². The van der Waals surface area contributed by atoms with Crippen molar-refractivity contribution in [2.24, 2.45) is 0 Å². The van der Waals surface area contributed by atoms with Crippen LogP contribution in [0.2, 0.25) is 5.15 Å². The summed E-state index contributed by atoms with van der Waals surface area (Å²) < 4.78 is 0. The summed E-state index contributed by atoms with van der Waals surface area (Å²) in [5.74, 6) is 7.31. The molecule has 2 aromatic heterocycles. The fourth-order valence-electron chi connectivity index (χ4n) is 3.32. The zero-order valence-electron chi connectivity index (χ0n) is 16.4. The highest BCUT2D eigenvalue weighted by Crippen LogP contribution is 2.38. The number of aryl methyl sites for hydroxylation is 1. The third-order valence-corrected chi connectivity index (χ3v) is 5.11. The topological polar surface area (TPSA) is 49.3 Å². The van der Waals surface area contributed by atoms with Crippen LogP contribution in [-0.4, -0.2) is 29.5 Å². The Hall–Kier alpha value is -3.36. The molecular formula is C23H19ClN4O. The van der Waals surface area contributed by atoms with Gasteiger partial charge in [-0.15, -0.1) is 0 Å². The van der Waals surface area contributed by atoms with E-state index in [4.69, 9.17) is 11.6 Å². The maximum Gasteiger partial charge on any atom is 0.261 e. The van der Waals surface area contributed by atoms with E-state index in [1.54, 1.807) is 36.3 Å². The summed E-state index contributed by atoms with van der Waals surface area (Å²) in [6.07, 6.45) is 1.69. The minimum atomic E-state index is -0.159. The number of benzene rings is 1. The Balaban J connectivity index is 1.83. The van der Waals surface area contributed by atoms with E-state index in [0.29, 0.717) is 40.1 Å². The summed E-state index contributed by atoms with van der Waals surface area (Å²) in [7, 11) is 1.73. The van der Waals surface area contributed by atoms with Crippen molar-refractivity contribution in [2.45, 2.75) is 13.8 Å². The molecule has 0 bridgehead atoms. The summed E-state index contributed by atoms with van der Waals surface area (Å²) in [5, 5.41) is 0.368. The van der Waals surface area contributed by atoms with Crippen LogP contribution in [0.3, 0.4) is 0 Å². The maximum atomic E-state index is 13.2. The Morgan fingerprint density at radius 1 is 1.10 bits per heavy atom. The smallest absolute Gasteiger partial charge is 0.261 e. The van der Waals surface area contributed by atoms with Gasteiger partial charge in [-0.25, -0.2) is 9.97 Å². The molecule has 1 amide bonds. The van der Waals surface area contributed by atoms with E-state index in [-0.39, 0.29) is 5.91 Å². The van der Waals surface area contributed by atoms with Gasteiger partial charge in [-0.05, 0) is 43.7 Å². The van der Waals surface area contributed by atoms with Gasteiger partial charge in [0.05, 0.1) is 11.3 Å². The zero-order chi connectivity index (χ0) is 20.5. The first-order valence-corrected chi connectivity index (χ1v) is 9.67. The largest absolute Gasteiger partial charge is 0.309 e. The maximum absolute atomic E-state index is 13.2. The Labute approximate surface area is 175 Å². The minimum absolute atomic E-state index is 0.159. The fraction of sp³-hybridized carbons (Fsp3) is 0.174.